The normalized spacial score (nSPS) is 10.9. The van der Waals surface area contributed by atoms with Crippen molar-refractivity contribution in [3.8, 4) is 0 Å². The van der Waals surface area contributed by atoms with E-state index in [1.165, 1.54) is 5.56 Å². The highest BCUT2D eigenvalue weighted by Crippen LogP contribution is 2.21. The highest BCUT2D eigenvalue weighted by atomic mass is 16.3. The third-order valence-corrected chi connectivity index (χ3v) is 4.88. The fraction of sp³-hybridized carbons (Fsp3) is 0.160. The maximum absolute atomic E-state index is 13.2. The zero-order valence-electron chi connectivity index (χ0n) is 15.8. The van der Waals surface area contributed by atoms with Gasteiger partial charge in [0.1, 0.15) is 5.58 Å². The summed E-state index contributed by atoms with van der Waals surface area (Å²) in [5, 5.41) is 0.954. The molecule has 0 N–H and O–H groups in total. The van der Waals surface area contributed by atoms with Crippen LogP contribution in [0.1, 0.15) is 28.1 Å². The summed E-state index contributed by atoms with van der Waals surface area (Å²) in [7, 11) is 0. The third-order valence-electron chi connectivity index (χ3n) is 4.88. The number of furan rings is 1. The van der Waals surface area contributed by atoms with E-state index in [2.05, 4.69) is 36.4 Å². The van der Waals surface area contributed by atoms with Gasteiger partial charge in [0.2, 0.25) is 0 Å². The van der Waals surface area contributed by atoms with Gasteiger partial charge in [-0.1, -0.05) is 78.9 Å². The van der Waals surface area contributed by atoms with E-state index in [4.69, 9.17) is 4.42 Å². The van der Waals surface area contributed by atoms with Crippen LogP contribution in [0.2, 0.25) is 0 Å². The molecule has 0 unspecified atom stereocenters. The number of fused-ring (bicyclic) bond motifs is 1. The average molecular weight is 369 g/mol. The summed E-state index contributed by atoms with van der Waals surface area (Å²) in [5.74, 6) is 0.338. The number of benzene rings is 3. The first kappa shape index (κ1) is 18.1. The van der Waals surface area contributed by atoms with E-state index in [1.807, 2.05) is 59.5 Å². The third kappa shape index (κ3) is 4.32. The topological polar surface area (TPSA) is 33.5 Å². The first-order valence-corrected chi connectivity index (χ1v) is 9.65. The summed E-state index contributed by atoms with van der Waals surface area (Å²) in [6.45, 7) is 1.26. The Morgan fingerprint density at radius 3 is 2.14 bits per heavy atom. The lowest BCUT2D eigenvalue weighted by Gasteiger charge is -2.22. The van der Waals surface area contributed by atoms with Gasteiger partial charge in [-0.3, -0.25) is 4.79 Å². The monoisotopic (exact) mass is 369 g/mol. The van der Waals surface area contributed by atoms with E-state index in [1.54, 1.807) is 0 Å². The van der Waals surface area contributed by atoms with Gasteiger partial charge in [-0.25, -0.2) is 0 Å². The molecule has 1 amide bonds. The fourth-order valence-corrected chi connectivity index (χ4v) is 3.42. The first-order chi connectivity index (χ1) is 13.8. The molecule has 0 atom stereocenters. The van der Waals surface area contributed by atoms with E-state index in [0.717, 1.165) is 29.4 Å². The Bertz CT molecular complexity index is 1000. The van der Waals surface area contributed by atoms with Crippen LogP contribution in [-0.2, 0) is 13.0 Å². The quantitative estimate of drug-likeness (QED) is 0.418. The van der Waals surface area contributed by atoms with Gasteiger partial charge in [0.15, 0.2) is 5.76 Å². The molecule has 0 saturated heterocycles. The van der Waals surface area contributed by atoms with Crippen molar-refractivity contribution in [1.29, 1.82) is 0 Å². The average Bonchev–Trinajstić information content (AvgIpc) is 3.18. The van der Waals surface area contributed by atoms with Gasteiger partial charge in [-0.05, 0) is 36.1 Å². The number of carbonyl (C=O) groups excluding carboxylic acids is 1. The van der Waals surface area contributed by atoms with Crippen molar-refractivity contribution in [1.82, 2.24) is 4.90 Å². The number of para-hydroxylation sites is 1. The summed E-state index contributed by atoms with van der Waals surface area (Å²) >= 11 is 0. The molecular formula is C25H23NO2. The Balaban J connectivity index is 1.51. The Labute approximate surface area is 165 Å². The smallest absolute Gasteiger partial charge is 0.289 e. The van der Waals surface area contributed by atoms with Crippen LogP contribution in [0.25, 0.3) is 11.0 Å². The molecule has 3 aromatic carbocycles. The Hall–Kier alpha value is -3.33. The molecule has 3 nitrogen and oxygen atoms in total. The SMILES string of the molecule is O=C(c1cc2ccccc2o1)N(CCCc1ccccc1)Cc1ccccc1. The molecule has 0 bridgehead atoms. The molecular weight excluding hydrogens is 346 g/mol. The number of aryl methyl sites for hydroxylation is 1. The van der Waals surface area contributed by atoms with Crippen LogP contribution < -0.4 is 0 Å². The minimum Gasteiger partial charge on any atom is -0.451 e. The Morgan fingerprint density at radius 2 is 1.43 bits per heavy atom. The highest BCUT2D eigenvalue weighted by molar-refractivity contribution is 5.96. The van der Waals surface area contributed by atoms with Crippen molar-refractivity contribution >= 4 is 16.9 Å². The van der Waals surface area contributed by atoms with Gasteiger partial charge in [-0.15, -0.1) is 0 Å². The van der Waals surface area contributed by atoms with E-state index < -0.39 is 0 Å². The molecule has 3 heteroatoms. The van der Waals surface area contributed by atoms with Crippen LogP contribution in [0, 0.1) is 0 Å². The number of hydrogen-bond donors (Lipinski definition) is 0. The first-order valence-electron chi connectivity index (χ1n) is 9.65. The Kier molecular flexibility index (Phi) is 5.53. The molecule has 140 valence electrons. The zero-order valence-corrected chi connectivity index (χ0v) is 15.8. The number of nitrogens with zero attached hydrogens (tertiary/aromatic N) is 1. The van der Waals surface area contributed by atoms with Crippen molar-refractivity contribution < 1.29 is 9.21 Å². The maximum atomic E-state index is 13.2. The van der Waals surface area contributed by atoms with E-state index in [9.17, 15) is 4.79 Å². The predicted molar refractivity (Wildman–Crippen MR) is 112 cm³/mol. The molecule has 0 aliphatic heterocycles. The van der Waals surface area contributed by atoms with Crippen molar-refractivity contribution in [2.24, 2.45) is 0 Å². The minimum atomic E-state index is -0.0619. The second-order valence-electron chi connectivity index (χ2n) is 6.95. The number of rotatable bonds is 7. The van der Waals surface area contributed by atoms with Gasteiger partial charge in [0, 0.05) is 18.5 Å². The molecule has 1 heterocycles. The molecule has 1 aromatic heterocycles. The van der Waals surface area contributed by atoms with Gasteiger partial charge in [0.05, 0.1) is 0 Å². The van der Waals surface area contributed by atoms with Crippen LogP contribution in [0.15, 0.2) is 95.4 Å². The summed E-state index contributed by atoms with van der Waals surface area (Å²) < 4.78 is 5.82. The minimum absolute atomic E-state index is 0.0619. The molecule has 0 radical (unpaired) electrons. The maximum Gasteiger partial charge on any atom is 0.289 e. The van der Waals surface area contributed by atoms with Crippen molar-refractivity contribution in [3.63, 3.8) is 0 Å². The molecule has 4 aromatic rings. The van der Waals surface area contributed by atoms with E-state index in [0.29, 0.717) is 18.8 Å². The molecule has 28 heavy (non-hydrogen) atoms. The summed E-state index contributed by atoms with van der Waals surface area (Å²) in [6, 6.07) is 30.1. The largest absolute Gasteiger partial charge is 0.451 e. The summed E-state index contributed by atoms with van der Waals surface area (Å²) in [4.78, 5) is 15.1. The predicted octanol–water partition coefficient (Wildman–Crippen LogP) is 5.71. The lowest BCUT2D eigenvalue weighted by atomic mass is 10.1. The molecule has 4 rings (SSSR count). The van der Waals surface area contributed by atoms with Crippen molar-refractivity contribution in [2.45, 2.75) is 19.4 Å². The molecule has 0 saturated carbocycles. The van der Waals surface area contributed by atoms with Crippen LogP contribution in [0.3, 0.4) is 0 Å². The van der Waals surface area contributed by atoms with Crippen LogP contribution in [-0.4, -0.2) is 17.4 Å². The lowest BCUT2D eigenvalue weighted by molar-refractivity contribution is 0.0711. The zero-order chi connectivity index (χ0) is 19.2. The van der Waals surface area contributed by atoms with E-state index in [-0.39, 0.29) is 5.91 Å². The Morgan fingerprint density at radius 1 is 0.786 bits per heavy atom. The standard InChI is InChI=1S/C25H23NO2/c27-25(24-18-22-15-7-8-16-23(22)28-24)26(19-21-12-5-2-6-13-21)17-9-14-20-10-3-1-4-11-20/h1-8,10-13,15-16,18H,9,14,17,19H2. The fourth-order valence-electron chi connectivity index (χ4n) is 3.42. The van der Waals surface area contributed by atoms with Gasteiger partial charge < -0.3 is 9.32 Å². The lowest BCUT2D eigenvalue weighted by Crippen LogP contribution is -2.31. The van der Waals surface area contributed by atoms with Gasteiger partial charge >= 0.3 is 0 Å². The van der Waals surface area contributed by atoms with Crippen molar-refractivity contribution in [2.75, 3.05) is 6.54 Å². The highest BCUT2D eigenvalue weighted by Gasteiger charge is 2.20. The number of hydrogen-bond acceptors (Lipinski definition) is 2. The molecule has 0 spiro atoms. The number of carbonyl (C=O) groups is 1. The van der Waals surface area contributed by atoms with E-state index >= 15 is 0 Å². The second-order valence-corrected chi connectivity index (χ2v) is 6.95. The van der Waals surface area contributed by atoms with Crippen molar-refractivity contribution in [3.05, 3.63) is 108 Å². The van der Waals surface area contributed by atoms with Crippen LogP contribution >= 0.6 is 0 Å². The summed E-state index contributed by atoms with van der Waals surface area (Å²) in [6.07, 6.45) is 1.85. The molecule has 0 fully saturated rings. The molecule has 0 aliphatic carbocycles. The van der Waals surface area contributed by atoms with Crippen LogP contribution in [0.4, 0.5) is 0 Å². The van der Waals surface area contributed by atoms with Gasteiger partial charge in [-0.2, -0.15) is 0 Å². The second kappa shape index (κ2) is 8.57. The molecule has 0 aliphatic rings. The van der Waals surface area contributed by atoms with Crippen LogP contribution in [0.5, 0.6) is 0 Å². The van der Waals surface area contributed by atoms with Gasteiger partial charge in [0.25, 0.3) is 5.91 Å². The number of amides is 1. The summed E-state index contributed by atoms with van der Waals surface area (Å²) in [5.41, 5.74) is 3.15.